The van der Waals surface area contributed by atoms with Crippen molar-refractivity contribution in [2.75, 3.05) is 26.4 Å². The van der Waals surface area contributed by atoms with Gasteiger partial charge < -0.3 is 22.9 Å². The molecular weight excluding hydrogens is 351 g/mol. The molecule has 0 saturated heterocycles. The molecule has 1 aromatic heterocycles. The predicted molar refractivity (Wildman–Crippen MR) is 90.1 cm³/mol. The molecule has 9 heteroatoms. The van der Waals surface area contributed by atoms with Crippen molar-refractivity contribution in [3.05, 3.63) is 29.7 Å². The van der Waals surface area contributed by atoms with Gasteiger partial charge in [-0.05, 0) is 27.7 Å². The molecule has 0 atom stereocenters. The minimum atomic E-state index is -3.89. The quantitative estimate of drug-likeness (QED) is 0.348. The second kappa shape index (κ2) is 10.2. The van der Waals surface area contributed by atoms with Gasteiger partial charge in [0.15, 0.2) is 0 Å². The van der Waals surface area contributed by atoms with Crippen LogP contribution in [0.25, 0.3) is 5.31 Å². The van der Waals surface area contributed by atoms with Gasteiger partial charge >= 0.3 is 19.5 Å². The SMILES string of the molecule is CCOC(=O)C=C(c1cocc1C(=O)OCC)P(=O)(OCC)OCC. The fraction of sp³-hybridized carbons (Fsp3) is 0.500. The van der Waals surface area contributed by atoms with E-state index in [9.17, 15) is 14.2 Å². The predicted octanol–water partition coefficient (Wildman–Crippen LogP) is 3.63. The molecule has 0 fully saturated rings. The smallest absolute Gasteiger partial charge is 0.362 e. The second-order valence-corrected chi connectivity index (χ2v) is 6.53. The highest BCUT2D eigenvalue weighted by atomic mass is 31.2. The fourth-order valence-corrected chi connectivity index (χ4v) is 3.74. The van der Waals surface area contributed by atoms with E-state index >= 15 is 0 Å². The first kappa shape index (κ1) is 21.2. The zero-order chi connectivity index (χ0) is 18.9. The Morgan fingerprint density at radius 3 is 2.04 bits per heavy atom. The van der Waals surface area contributed by atoms with Crippen molar-refractivity contribution in [3.8, 4) is 0 Å². The zero-order valence-corrected chi connectivity index (χ0v) is 15.7. The van der Waals surface area contributed by atoms with Crippen molar-refractivity contribution < 1.29 is 37.1 Å². The van der Waals surface area contributed by atoms with Crippen molar-refractivity contribution in [1.29, 1.82) is 0 Å². The van der Waals surface area contributed by atoms with Gasteiger partial charge in [0.1, 0.15) is 11.8 Å². The summed E-state index contributed by atoms with van der Waals surface area (Å²) in [6.07, 6.45) is 3.32. The van der Waals surface area contributed by atoms with Crippen molar-refractivity contribution in [1.82, 2.24) is 0 Å². The molecular formula is C16H23O8P. The van der Waals surface area contributed by atoms with Crippen LogP contribution in [0.5, 0.6) is 0 Å². The molecule has 8 nitrogen and oxygen atoms in total. The van der Waals surface area contributed by atoms with Gasteiger partial charge in [0, 0.05) is 11.6 Å². The molecule has 0 aliphatic heterocycles. The molecule has 0 aliphatic carbocycles. The first-order valence-electron chi connectivity index (χ1n) is 7.95. The number of ether oxygens (including phenoxy) is 2. The van der Waals surface area contributed by atoms with Gasteiger partial charge in [0.25, 0.3) is 0 Å². The van der Waals surface area contributed by atoms with E-state index in [1.54, 1.807) is 27.7 Å². The van der Waals surface area contributed by atoms with E-state index in [1.165, 1.54) is 6.26 Å². The molecule has 25 heavy (non-hydrogen) atoms. The third kappa shape index (κ3) is 5.56. The van der Waals surface area contributed by atoms with Crippen molar-refractivity contribution in [2.24, 2.45) is 0 Å². The van der Waals surface area contributed by atoms with Gasteiger partial charge in [-0.3, -0.25) is 4.57 Å². The molecule has 0 amide bonds. The summed E-state index contributed by atoms with van der Waals surface area (Å²) < 4.78 is 38.6. The van der Waals surface area contributed by atoms with E-state index < -0.39 is 19.5 Å². The number of rotatable bonds is 10. The second-order valence-electron chi connectivity index (χ2n) is 4.53. The Morgan fingerprint density at radius 2 is 1.52 bits per heavy atom. The van der Waals surface area contributed by atoms with Crippen LogP contribution in [0, 0.1) is 0 Å². The fourth-order valence-electron chi connectivity index (χ4n) is 1.98. The minimum absolute atomic E-state index is 0.0111. The van der Waals surface area contributed by atoms with Gasteiger partial charge in [-0.2, -0.15) is 0 Å². The maximum absolute atomic E-state index is 13.2. The third-order valence-electron chi connectivity index (χ3n) is 2.87. The lowest BCUT2D eigenvalue weighted by Crippen LogP contribution is -2.09. The van der Waals surface area contributed by atoms with Crippen LogP contribution < -0.4 is 0 Å². The summed E-state index contributed by atoms with van der Waals surface area (Å²) in [6.45, 7) is 6.98. The number of furan rings is 1. The largest absolute Gasteiger partial charge is 0.471 e. The van der Waals surface area contributed by atoms with Crippen LogP contribution >= 0.6 is 7.60 Å². The summed E-state index contributed by atoms with van der Waals surface area (Å²) in [5, 5.41) is -0.119. The molecule has 0 aliphatic rings. The number of carbonyl (C=O) groups excluding carboxylic acids is 2. The lowest BCUT2D eigenvalue weighted by atomic mass is 10.2. The summed E-state index contributed by atoms with van der Waals surface area (Å²) in [5.41, 5.74) is 0.105. The van der Waals surface area contributed by atoms with E-state index in [0.29, 0.717) is 0 Å². The molecule has 0 N–H and O–H groups in total. The van der Waals surface area contributed by atoms with E-state index in [0.717, 1.165) is 12.3 Å². The Kier molecular flexibility index (Phi) is 8.61. The Balaban J connectivity index is 3.48. The normalized spacial score (nSPS) is 12.1. The average molecular weight is 374 g/mol. The van der Waals surface area contributed by atoms with Crippen LogP contribution in [0.3, 0.4) is 0 Å². The third-order valence-corrected chi connectivity index (χ3v) is 5.02. The van der Waals surface area contributed by atoms with Gasteiger partial charge in [-0.1, -0.05) is 0 Å². The summed E-state index contributed by atoms with van der Waals surface area (Å²) >= 11 is 0. The number of hydrogen-bond acceptors (Lipinski definition) is 8. The maximum Gasteiger partial charge on any atom is 0.362 e. The van der Waals surface area contributed by atoms with Crippen LogP contribution in [0.2, 0.25) is 0 Å². The summed E-state index contributed by atoms with van der Waals surface area (Å²) in [5.74, 6) is -1.42. The van der Waals surface area contributed by atoms with Gasteiger partial charge in [-0.15, -0.1) is 0 Å². The van der Waals surface area contributed by atoms with E-state index in [-0.39, 0.29) is 42.9 Å². The monoisotopic (exact) mass is 374 g/mol. The summed E-state index contributed by atoms with van der Waals surface area (Å²) in [7, 11) is -3.89. The van der Waals surface area contributed by atoms with Crippen molar-refractivity contribution >= 4 is 24.8 Å². The van der Waals surface area contributed by atoms with E-state index in [1.807, 2.05) is 0 Å². The van der Waals surface area contributed by atoms with Crippen LogP contribution in [0.15, 0.2) is 23.0 Å². The van der Waals surface area contributed by atoms with Crippen LogP contribution in [0.4, 0.5) is 0 Å². The molecule has 0 unspecified atom stereocenters. The van der Waals surface area contributed by atoms with Crippen molar-refractivity contribution in [2.45, 2.75) is 27.7 Å². The molecule has 140 valence electrons. The highest BCUT2D eigenvalue weighted by Crippen LogP contribution is 2.61. The topological polar surface area (TPSA) is 101 Å². The van der Waals surface area contributed by atoms with Gasteiger partial charge in [0.05, 0.1) is 38.0 Å². The van der Waals surface area contributed by atoms with Crippen LogP contribution in [-0.4, -0.2) is 38.4 Å². The standard InChI is InChI=1S/C16H23O8P/c1-5-21-15(17)9-14(25(19,23-7-3)24-8-4)12-10-20-11-13(12)16(18)22-6-2/h9-11H,5-8H2,1-4H3. The zero-order valence-electron chi connectivity index (χ0n) is 14.8. The Bertz CT molecular complexity index is 651. The average Bonchev–Trinajstić information content (AvgIpc) is 3.02. The Morgan fingerprint density at radius 1 is 0.960 bits per heavy atom. The molecule has 0 saturated carbocycles. The first-order valence-corrected chi connectivity index (χ1v) is 9.49. The summed E-state index contributed by atoms with van der Waals surface area (Å²) in [6, 6.07) is 0. The van der Waals surface area contributed by atoms with Gasteiger partial charge in [-0.25, -0.2) is 9.59 Å². The molecule has 1 aromatic rings. The Hall–Kier alpha value is -1.89. The molecule has 0 bridgehead atoms. The molecule has 0 spiro atoms. The molecule has 0 aromatic carbocycles. The van der Waals surface area contributed by atoms with Crippen LogP contribution in [-0.2, 0) is 27.9 Å². The lowest BCUT2D eigenvalue weighted by Gasteiger charge is -2.19. The number of esters is 2. The van der Waals surface area contributed by atoms with E-state index in [2.05, 4.69) is 0 Å². The maximum atomic E-state index is 13.2. The van der Waals surface area contributed by atoms with E-state index in [4.69, 9.17) is 22.9 Å². The highest BCUT2D eigenvalue weighted by Gasteiger charge is 2.35. The van der Waals surface area contributed by atoms with Crippen LogP contribution in [0.1, 0.15) is 43.6 Å². The molecule has 1 rings (SSSR count). The molecule has 1 heterocycles. The lowest BCUT2D eigenvalue weighted by molar-refractivity contribution is -0.137. The first-order chi connectivity index (χ1) is 11.9. The Labute approximate surface area is 146 Å². The number of hydrogen-bond donors (Lipinski definition) is 0. The highest BCUT2D eigenvalue weighted by molar-refractivity contribution is 7.65. The summed E-state index contributed by atoms with van der Waals surface area (Å²) in [4.78, 5) is 24.0. The van der Waals surface area contributed by atoms with Crippen molar-refractivity contribution in [3.63, 3.8) is 0 Å². The number of carbonyl (C=O) groups is 2. The minimum Gasteiger partial charge on any atom is -0.471 e. The molecule has 0 radical (unpaired) electrons. The van der Waals surface area contributed by atoms with Gasteiger partial charge in [0.2, 0.25) is 0 Å².